The number of pyridine rings is 1. The number of nitrogens with zero attached hydrogens (tertiary/aromatic N) is 6. The first-order valence-corrected chi connectivity index (χ1v) is 8.36. The Bertz CT molecular complexity index is 828. The zero-order valence-electron chi connectivity index (χ0n) is 14.4. The van der Waals surface area contributed by atoms with Gasteiger partial charge in [-0.25, -0.2) is 0 Å². The van der Waals surface area contributed by atoms with Crippen molar-refractivity contribution in [2.75, 3.05) is 26.7 Å². The number of hydrogen-bond donors (Lipinski definition) is 1. The van der Waals surface area contributed by atoms with E-state index in [4.69, 9.17) is 4.52 Å². The molecule has 0 aromatic carbocycles. The lowest BCUT2D eigenvalue weighted by molar-refractivity contribution is 0.0715. The van der Waals surface area contributed by atoms with E-state index in [1.165, 1.54) is 0 Å². The molecule has 0 aliphatic carbocycles. The highest BCUT2D eigenvalue weighted by Crippen LogP contribution is 2.26. The van der Waals surface area contributed by atoms with E-state index in [-0.39, 0.29) is 6.04 Å². The number of rotatable bonds is 4. The summed E-state index contributed by atoms with van der Waals surface area (Å²) < 4.78 is 5.39. The van der Waals surface area contributed by atoms with Gasteiger partial charge >= 0.3 is 0 Å². The molecule has 8 nitrogen and oxygen atoms in total. The van der Waals surface area contributed by atoms with Gasteiger partial charge in [-0.15, -0.1) is 0 Å². The van der Waals surface area contributed by atoms with Gasteiger partial charge in [-0.1, -0.05) is 5.16 Å². The summed E-state index contributed by atoms with van der Waals surface area (Å²) in [6, 6.07) is 4.09. The van der Waals surface area contributed by atoms with E-state index >= 15 is 0 Å². The van der Waals surface area contributed by atoms with Crippen LogP contribution in [-0.4, -0.2) is 61.8 Å². The number of aryl methyl sites for hydroxylation is 1. The van der Waals surface area contributed by atoms with Crippen LogP contribution in [0.4, 0.5) is 0 Å². The third-order valence-corrected chi connectivity index (χ3v) is 4.62. The number of likely N-dealkylation sites (N-methyl/N-ethyl adjacent to an activating group) is 1. The molecule has 0 spiro atoms. The number of piperazine rings is 1. The van der Waals surface area contributed by atoms with Crippen LogP contribution in [0.25, 0.3) is 11.3 Å². The molecule has 3 aromatic heterocycles. The molecule has 0 radical (unpaired) electrons. The van der Waals surface area contributed by atoms with Crippen molar-refractivity contribution in [3.8, 4) is 11.3 Å². The Morgan fingerprint density at radius 2 is 2.24 bits per heavy atom. The predicted molar refractivity (Wildman–Crippen MR) is 91.5 cm³/mol. The lowest BCUT2D eigenvalue weighted by Gasteiger charge is -2.37. The van der Waals surface area contributed by atoms with Crippen molar-refractivity contribution in [2.45, 2.75) is 19.5 Å². The summed E-state index contributed by atoms with van der Waals surface area (Å²) in [5.41, 5.74) is 3.24. The largest absolute Gasteiger partial charge is 0.338 e. The van der Waals surface area contributed by atoms with Crippen LogP contribution in [0.15, 0.2) is 35.2 Å². The highest BCUT2D eigenvalue weighted by molar-refractivity contribution is 5.61. The Kier molecular flexibility index (Phi) is 4.29. The van der Waals surface area contributed by atoms with Gasteiger partial charge in [-0.05, 0) is 26.1 Å². The molecule has 1 aliphatic rings. The van der Waals surface area contributed by atoms with Crippen molar-refractivity contribution in [1.29, 1.82) is 0 Å². The lowest BCUT2D eigenvalue weighted by atomic mass is 10.1. The maximum Gasteiger partial charge on any atom is 0.245 e. The van der Waals surface area contributed by atoms with Crippen LogP contribution in [0.1, 0.15) is 23.3 Å². The van der Waals surface area contributed by atoms with E-state index < -0.39 is 0 Å². The summed E-state index contributed by atoms with van der Waals surface area (Å²) in [5, 5.41) is 11.3. The molecule has 1 aliphatic heterocycles. The number of aromatic amines is 1. The molecular weight excluding hydrogens is 318 g/mol. The maximum absolute atomic E-state index is 5.39. The zero-order valence-corrected chi connectivity index (χ0v) is 14.4. The van der Waals surface area contributed by atoms with Gasteiger partial charge in [0.25, 0.3) is 0 Å². The van der Waals surface area contributed by atoms with Crippen LogP contribution in [0, 0.1) is 6.92 Å². The Morgan fingerprint density at radius 3 is 3.00 bits per heavy atom. The molecule has 1 saturated heterocycles. The molecule has 0 saturated carbocycles. The van der Waals surface area contributed by atoms with Crippen molar-refractivity contribution in [3.63, 3.8) is 0 Å². The average molecular weight is 339 g/mol. The number of hydrogen-bond acceptors (Lipinski definition) is 7. The molecule has 8 heteroatoms. The zero-order chi connectivity index (χ0) is 17.2. The minimum atomic E-state index is 0.115. The van der Waals surface area contributed by atoms with Gasteiger partial charge in [0.1, 0.15) is 6.04 Å². The highest BCUT2D eigenvalue weighted by Gasteiger charge is 2.30. The molecule has 130 valence electrons. The SMILES string of the molecule is Cc1noc(C2CN(Cc3cn[nH]c3-c3cccnc3)CCN2C)n1. The molecule has 1 fully saturated rings. The van der Waals surface area contributed by atoms with E-state index in [0.29, 0.717) is 11.7 Å². The first kappa shape index (κ1) is 15.9. The summed E-state index contributed by atoms with van der Waals surface area (Å²) in [7, 11) is 2.10. The minimum absolute atomic E-state index is 0.115. The Morgan fingerprint density at radius 1 is 1.32 bits per heavy atom. The van der Waals surface area contributed by atoms with E-state index in [0.717, 1.165) is 43.0 Å². The van der Waals surface area contributed by atoms with E-state index in [2.05, 4.69) is 42.2 Å². The van der Waals surface area contributed by atoms with E-state index in [9.17, 15) is 0 Å². The van der Waals surface area contributed by atoms with Gasteiger partial charge in [0.05, 0.1) is 11.9 Å². The molecule has 1 N–H and O–H groups in total. The fourth-order valence-corrected chi connectivity index (χ4v) is 3.22. The molecule has 1 atom stereocenters. The second-order valence-electron chi connectivity index (χ2n) is 6.42. The van der Waals surface area contributed by atoms with E-state index in [1.54, 1.807) is 6.20 Å². The van der Waals surface area contributed by atoms with E-state index in [1.807, 2.05) is 31.5 Å². The molecule has 3 aromatic rings. The third-order valence-electron chi connectivity index (χ3n) is 4.62. The van der Waals surface area contributed by atoms with Gasteiger partial charge in [-0.3, -0.25) is 19.9 Å². The second-order valence-corrected chi connectivity index (χ2v) is 6.42. The fraction of sp³-hybridized carbons (Fsp3) is 0.412. The van der Waals surface area contributed by atoms with Gasteiger partial charge < -0.3 is 4.52 Å². The Hall–Kier alpha value is -2.58. The molecule has 0 amide bonds. The van der Waals surface area contributed by atoms with Gasteiger partial charge in [0.2, 0.25) is 5.89 Å². The van der Waals surface area contributed by atoms with Crippen molar-refractivity contribution in [2.24, 2.45) is 0 Å². The Balaban J connectivity index is 1.51. The summed E-state index contributed by atoms with van der Waals surface area (Å²) in [4.78, 5) is 13.3. The molecule has 4 rings (SSSR count). The quantitative estimate of drug-likeness (QED) is 0.773. The molecule has 4 heterocycles. The highest BCUT2D eigenvalue weighted by atomic mass is 16.5. The van der Waals surface area contributed by atoms with Crippen LogP contribution < -0.4 is 0 Å². The topological polar surface area (TPSA) is 87.0 Å². The monoisotopic (exact) mass is 339 g/mol. The minimum Gasteiger partial charge on any atom is -0.338 e. The fourth-order valence-electron chi connectivity index (χ4n) is 3.22. The maximum atomic E-state index is 5.39. The summed E-state index contributed by atoms with van der Waals surface area (Å²) in [5.74, 6) is 1.36. The predicted octanol–water partition coefficient (Wildman–Crippen LogP) is 1.65. The Labute approximate surface area is 145 Å². The molecular formula is C17H21N7O. The number of nitrogens with one attached hydrogen (secondary N) is 1. The summed E-state index contributed by atoms with van der Waals surface area (Å²) >= 11 is 0. The van der Waals surface area contributed by atoms with Gasteiger partial charge in [-0.2, -0.15) is 10.1 Å². The second kappa shape index (κ2) is 6.73. The summed E-state index contributed by atoms with van der Waals surface area (Å²) in [6.07, 6.45) is 5.52. The summed E-state index contributed by atoms with van der Waals surface area (Å²) in [6.45, 7) is 5.44. The third kappa shape index (κ3) is 3.31. The van der Waals surface area contributed by atoms with Crippen LogP contribution in [0.5, 0.6) is 0 Å². The van der Waals surface area contributed by atoms with Crippen LogP contribution in [0.2, 0.25) is 0 Å². The first-order valence-electron chi connectivity index (χ1n) is 8.36. The van der Waals surface area contributed by atoms with Crippen molar-refractivity contribution < 1.29 is 4.52 Å². The number of H-pyrrole nitrogens is 1. The molecule has 25 heavy (non-hydrogen) atoms. The van der Waals surface area contributed by atoms with Gasteiger partial charge in [0.15, 0.2) is 5.82 Å². The van der Waals surface area contributed by atoms with Crippen LogP contribution >= 0.6 is 0 Å². The van der Waals surface area contributed by atoms with Crippen molar-refractivity contribution in [3.05, 3.63) is 48.0 Å². The van der Waals surface area contributed by atoms with Crippen molar-refractivity contribution >= 4 is 0 Å². The average Bonchev–Trinajstić information content (AvgIpc) is 3.26. The van der Waals surface area contributed by atoms with Gasteiger partial charge in [0, 0.05) is 49.7 Å². The molecule has 1 unspecified atom stereocenters. The normalized spacial score (nSPS) is 19.4. The number of aromatic nitrogens is 5. The smallest absolute Gasteiger partial charge is 0.245 e. The standard InChI is InChI=1S/C17H21N7O/c1-12-20-17(25-22-12)15-11-24(7-6-23(15)2)10-14-9-19-21-16(14)13-4-3-5-18-8-13/h3-5,8-9,15H,6-7,10-11H2,1-2H3,(H,19,21). The lowest BCUT2D eigenvalue weighted by Crippen LogP contribution is -2.46. The first-order chi connectivity index (χ1) is 12.2. The molecule has 0 bridgehead atoms. The van der Waals surface area contributed by atoms with Crippen LogP contribution in [0.3, 0.4) is 0 Å². The van der Waals surface area contributed by atoms with Crippen LogP contribution in [-0.2, 0) is 6.54 Å². The van der Waals surface area contributed by atoms with Crippen molar-refractivity contribution in [1.82, 2.24) is 35.1 Å².